The number of hydrogen-bond donors (Lipinski definition) is 0. The maximum absolute atomic E-state index is 13.8. The summed E-state index contributed by atoms with van der Waals surface area (Å²) in [7, 11) is 1.73. The van der Waals surface area contributed by atoms with Crippen molar-refractivity contribution in [2.24, 2.45) is 13.0 Å². The Bertz CT molecular complexity index is 1590. The second kappa shape index (κ2) is 10.3. The van der Waals surface area contributed by atoms with E-state index in [9.17, 15) is 18.4 Å². The number of ether oxygens (including phenoxy) is 1. The number of hydrogen-bond acceptors (Lipinski definition) is 4. The minimum absolute atomic E-state index is 0.0487. The fourth-order valence-corrected chi connectivity index (χ4v) is 5.41. The van der Waals surface area contributed by atoms with Crippen LogP contribution in [0.5, 0.6) is 0 Å². The highest BCUT2D eigenvalue weighted by atomic mass is 19.3. The molecular weight excluding hydrogens is 512 g/mol. The van der Waals surface area contributed by atoms with E-state index in [0.29, 0.717) is 30.5 Å². The lowest BCUT2D eigenvalue weighted by molar-refractivity contribution is -0.0472. The molecule has 0 atom stereocenters. The zero-order valence-corrected chi connectivity index (χ0v) is 23.6. The van der Waals surface area contributed by atoms with Crippen LogP contribution in [0.3, 0.4) is 0 Å². The van der Waals surface area contributed by atoms with Gasteiger partial charge in [0.05, 0.1) is 16.6 Å². The molecule has 1 aliphatic carbocycles. The van der Waals surface area contributed by atoms with Gasteiger partial charge in [-0.05, 0) is 76.3 Å². The number of nitrogens with zero attached hydrogens (tertiary/aromatic N) is 3. The Hall–Kier alpha value is -3.81. The van der Waals surface area contributed by atoms with Gasteiger partial charge in [-0.25, -0.2) is 13.6 Å². The summed E-state index contributed by atoms with van der Waals surface area (Å²) in [6.45, 7) is 7.89. The highest BCUT2D eigenvalue weighted by Gasteiger charge is 2.35. The molecule has 0 spiro atoms. The first-order chi connectivity index (χ1) is 18.8. The fraction of sp³-hybridized carbons (Fsp3) is 0.406. The maximum Gasteiger partial charge on any atom is 0.338 e. The van der Waals surface area contributed by atoms with Crippen molar-refractivity contribution in [3.8, 4) is 22.3 Å². The fourth-order valence-electron chi connectivity index (χ4n) is 5.41. The van der Waals surface area contributed by atoms with Gasteiger partial charge in [-0.15, -0.1) is 0 Å². The van der Waals surface area contributed by atoms with E-state index in [4.69, 9.17) is 9.72 Å². The molecule has 1 fully saturated rings. The predicted octanol–water partition coefficient (Wildman–Crippen LogP) is 7.16. The summed E-state index contributed by atoms with van der Waals surface area (Å²) in [6.07, 6.45) is 6.39. The number of esters is 1. The predicted molar refractivity (Wildman–Crippen MR) is 153 cm³/mol. The quantitative estimate of drug-likeness (QED) is 0.249. The van der Waals surface area contributed by atoms with Gasteiger partial charge in [-0.3, -0.25) is 9.78 Å². The van der Waals surface area contributed by atoms with E-state index < -0.39 is 11.5 Å². The lowest BCUT2D eigenvalue weighted by atomic mass is 9.87. The van der Waals surface area contributed by atoms with Gasteiger partial charge >= 0.3 is 5.97 Å². The van der Waals surface area contributed by atoms with E-state index in [1.165, 1.54) is 0 Å². The number of carbonyl (C=O) groups is 1. The zero-order chi connectivity index (χ0) is 28.8. The third kappa shape index (κ3) is 5.86. The highest BCUT2D eigenvalue weighted by molar-refractivity contribution is 5.96. The SMILES string of the molecule is Cc1cc(-c2cnc3c(-c4ccc(C(=O)OC(C)(C)C)cc4)cn(CC4CCC(F)(F)CC4)c3c2)cn(C)c1=O. The van der Waals surface area contributed by atoms with Crippen LogP contribution in [0.15, 0.2) is 59.8 Å². The molecule has 1 saturated carbocycles. The number of rotatable bonds is 5. The van der Waals surface area contributed by atoms with E-state index in [1.54, 1.807) is 43.1 Å². The molecule has 8 heteroatoms. The molecule has 0 N–H and O–H groups in total. The van der Waals surface area contributed by atoms with Crippen LogP contribution in [0.4, 0.5) is 8.78 Å². The van der Waals surface area contributed by atoms with Crippen LogP contribution < -0.4 is 5.56 Å². The summed E-state index contributed by atoms with van der Waals surface area (Å²) < 4.78 is 36.8. The molecule has 210 valence electrons. The van der Waals surface area contributed by atoms with Crippen molar-refractivity contribution in [2.45, 2.75) is 71.4 Å². The van der Waals surface area contributed by atoms with E-state index in [-0.39, 0.29) is 30.3 Å². The molecular formula is C32H35F2N3O3. The highest BCUT2D eigenvalue weighted by Crippen LogP contribution is 2.38. The molecule has 3 heterocycles. The van der Waals surface area contributed by atoms with Gasteiger partial charge in [0.25, 0.3) is 5.56 Å². The Labute approximate surface area is 232 Å². The lowest BCUT2D eigenvalue weighted by Crippen LogP contribution is -2.26. The largest absolute Gasteiger partial charge is 0.456 e. The van der Waals surface area contributed by atoms with E-state index in [0.717, 1.165) is 33.3 Å². The van der Waals surface area contributed by atoms with Crippen LogP contribution in [-0.4, -0.2) is 31.6 Å². The monoisotopic (exact) mass is 547 g/mol. The van der Waals surface area contributed by atoms with Gasteiger partial charge in [0, 0.05) is 67.3 Å². The molecule has 5 rings (SSSR count). The standard InChI is InChI=1S/C32H35F2N3O3/c1-20-14-25(18-36(5)29(20)38)24-15-27-28(35-16-24)26(19-37(27)17-21-10-12-32(33,34)13-11-21)22-6-8-23(9-7-22)30(39)40-31(2,3)4/h6-9,14-16,18-19,21H,10-13,17H2,1-5H3. The average Bonchev–Trinajstić information content (AvgIpc) is 3.25. The van der Waals surface area contributed by atoms with Crippen molar-refractivity contribution in [3.63, 3.8) is 0 Å². The second-order valence-corrected chi connectivity index (χ2v) is 12.0. The number of alkyl halides is 2. The Morgan fingerprint density at radius 1 is 1.05 bits per heavy atom. The number of fused-ring (bicyclic) bond motifs is 1. The minimum Gasteiger partial charge on any atom is -0.456 e. The van der Waals surface area contributed by atoms with Crippen molar-refractivity contribution in [1.82, 2.24) is 14.1 Å². The van der Waals surface area contributed by atoms with Crippen molar-refractivity contribution in [3.05, 3.63) is 76.5 Å². The van der Waals surface area contributed by atoms with Crippen molar-refractivity contribution in [1.29, 1.82) is 0 Å². The number of aryl methyl sites for hydroxylation is 2. The number of pyridine rings is 2. The van der Waals surface area contributed by atoms with Crippen LogP contribution in [-0.2, 0) is 18.3 Å². The molecule has 6 nitrogen and oxygen atoms in total. The van der Waals surface area contributed by atoms with Crippen molar-refractivity contribution in [2.75, 3.05) is 0 Å². The first kappa shape index (κ1) is 27.7. The summed E-state index contributed by atoms with van der Waals surface area (Å²) in [5.74, 6) is -2.82. The topological polar surface area (TPSA) is 66.1 Å². The third-order valence-electron chi connectivity index (χ3n) is 7.53. The van der Waals surface area contributed by atoms with E-state index in [1.807, 2.05) is 45.2 Å². The molecule has 0 unspecified atom stereocenters. The van der Waals surface area contributed by atoms with Crippen LogP contribution in [0.1, 0.15) is 62.4 Å². The van der Waals surface area contributed by atoms with Gasteiger partial charge in [-0.2, -0.15) is 0 Å². The van der Waals surface area contributed by atoms with Gasteiger partial charge in [-0.1, -0.05) is 12.1 Å². The number of aromatic nitrogens is 3. The summed E-state index contributed by atoms with van der Waals surface area (Å²) >= 11 is 0. The number of benzene rings is 1. The molecule has 1 aliphatic rings. The molecule has 4 aromatic rings. The normalized spacial score (nSPS) is 15.9. The van der Waals surface area contributed by atoms with Crippen molar-refractivity contribution >= 4 is 17.0 Å². The molecule has 0 bridgehead atoms. The van der Waals surface area contributed by atoms with Gasteiger partial charge < -0.3 is 13.9 Å². The molecule has 0 radical (unpaired) electrons. The van der Waals surface area contributed by atoms with E-state index >= 15 is 0 Å². The summed E-state index contributed by atoms with van der Waals surface area (Å²) in [4.78, 5) is 29.6. The second-order valence-electron chi connectivity index (χ2n) is 12.0. The molecule has 1 aromatic carbocycles. The Balaban J connectivity index is 1.55. The van der Waals surface area contributed by atoms with E-state index in [2.05, 4.69) is 10.6 Å². The van der Waals surface area contributed by atoms with Crippen LogP contribution >= 0.6 is 0 Å². The molecule has 0 amide bonds. The van der Waals surface area contributed by atoms with Gasteiger partial charge in [0.2, 0.25) is 5.92 Å². The molecule has 0 aliphatic heterocycles. The van der Waals surface area contributed by atoms with Crippen molar-refractivity contribution < 1.29 is 18.3 Å². The average molecular weight is 548 g/mol. The summed E-state index contributed by atoms with van der Waals surface area (Å²) in [6, 6.07) is 11.2. The van der Waals surface area contributed by atoms with Gasteiger partial charge in [0.15, 0.2) is 0 Å². The first-order valence-electron chi connectivity index (χ1n) is 13.7. The van der Waals surface area contributed by atoms with Crippen LogP contribution in [0.2, 0.25) is 0 Å². The summed E-state index contributed by atoms with van der Waals surface area (Å²) in [5.41, 5.74) is 5.69. The first-order valence-corrected chi connectivity index (χ1v) is 13.7. The smallest absolute Gasteiger partial charge is 0.338 e. The Morgan fingerprint density at radius 2 is 1.73 bits per heavy atom. The lowest BCUT2D eigenvalue weighted by Gasteiger charge is -2.28. The summed E-state index contributed by atoms with van der Waals surface area (Å²) in [5, 5.41) is 0. The third-order valence-corrected chi connectivity index (χ3v) is 7.53. The van der Waals surface area contributed by atoms with Gasteiger partial charge in [0.1, 0.15) is 5.60 Å². The molecule has 0 saturated heterocycles. The van der Waals surface area contributed by atoms with Crippen LogP contribution in [0.25, 0.3) is 33.3 Å². The number of halogens is 2. The van der Waals surface area contributed by atoms with Crippen LogP contribution in [0, 0.1) is 12.8 Å². The molecule has 3 aromatic heterocycles. The zero-order valence-electron chi connectivity index (χ0n) is 23.6. The maximum atomic E-state index is 13.8. The Morgan fingerprint density at radius 3 is 2.35 bits per heavy atom. The molecule has 40 heavy (non-hydrogen) atoms. The minimum atomic E-state index is -2.58. The Kier molecular flexibility index (Phi) is 7.15. The number of carbonyl (C=O) groups excluding carboxylic acids is 1.